The monoisotopic (exact) mass is 254 g/mol. The van der Waals surface area contributed by atoms with E-state index in [-0.39, 0.29) is 5.91 Å². The van der Waals surface area contributed by atoms with E-state index in [1.165, 1.54) is 0 Å². The van der Waals surface area contributed by atoms with E-state index < -0.39 is 11.4 Å². The lowest BCUT2D eigenvalue weighted by Crippen LogP contribution is -2.47. The second-order valence-corrected chi connectivity index (χ2v) is 4.81. The Morgan fingerprint density at radius 2 is 2.06 bits per heavy atom. The summed E-state index contributed by atoms with van der Waals surface area (Å²) >= 11 is 0. The maximum Gasteiger partial charge on any atom is 0.309 e. The summed E-state index contributed by atoms with van der Waals surface area (Å²) in [5.41, 5.74) is -0.589. The SMILES string of the molecule is C=CCNC(=O)CN1CCC(CC)(C(=O)O)CC1. The van der Waals surface area contributed by atoms with Crippen LogP contribution in [0.3, 0.4) is 0 Å². The van der Waals surface area contributed by atoms with Crippen LogP contribution in [-0.2, 0) is 9.59 Å². The molecule has 1 fully saturated rings. The molecule has 0 aromatic carbocycles. The van der Waals surface area contributed by atoms with Crippen molar-refractivity contribution in [3.05, 3.63) is 12.7 Å². The lowest BCUT2D eigenvalue weighted by atomic mass is 9.76. The number of carbonyl (C=O) groups excluding carboxylic acids is 1. The number of likely N-dealkylation sites (tertiary alicyclic amines) is 1. The molecule has 0 unspecified atom stereocenters. The van der Waals surface area contributed by atoms with Crippen LogP contribution in [0.2, 0.25) is 0 Å². The van der Waals surface area contributed by atoms with E-state index in [0.29, 0.717) is 45.4 Å². The van der Waals surface area contributed by atoms with Crippen LogP contribution in [0.15, 0.2) is 12.7 Å². The highest BCUT2D eigenvalue weighted by Gasteiger charge is 2.39. The third-order valence-electron chi connectivity index (χ3n) is 3.75. The molecule has 2 N–H and O–H groups in total. The van der Waals surface area contributed by atoms with Gasteiger partial charge < -0.3 is 10.4 Å². The number of hydrogen-bond acceptors (Lipinski definition) is 3. The molecule has 1 heterocycles. The molecule has 1 saturated heterocycles. The summed E-state index contributed by atoms with van der Waals surface area (Å²) in [4.78, 5) is 24.8. The van der Waals surface area contributed by atoms with Crippen molar-refractivity contribution in [2.24, 2.45) is 5.41 Å². The predicted molar refractivity (Wildman–Crippen MR) is 69.2 cm³/mol. The van der Waals surface area contributed by atoms with Crippen LogP contribution in [0.5, 0.6) is 0 Å². The van der Waals surface area contributed by atoms with E-state index in [9.17, 15) is 14.7 Å². The number of amides is 1. The Labute approximate surface area is 108 Å². The van der Waals surface area contributed by atoms with Crippen molar-refractivity contribution in [1.82, 2.24) is 10.2 Å². The number of nitrogens with one attached hydrogen (secondary N) is 1. The lowest BCUT2D eigenvalue weighted by Gasteiger charge is -2.37. The Morgan fingerprint density at radius 3 is 2.50 bits per heavy atom. The first-order valence-electron chi connectivity index (χ1n) is 6.37. The van der Waals surface area contributed by atoms with E-state index in [2.05, 4.69) is 11.9 Å². The molecule has 0 radical (unpaired) electrons. The third-order valence-corrected chi connectivity index (χ3v) is 3.75. The average molecular weight is 254 g/mol. The summed E-state index contributed by atoms with van der Waals surface area (Å²) in [6.45, 7) is 7.60. The van der Waals surface area contributed by atoms with Gasteiger partial charge in [-0.05, 0) is 32.4 Å². The van der Waals surface area contributed by atoms with E-state index in [1.807, 2.05) is 11.8 Å². The molecule has 5 heteroatoms. The average Bonchev–Trinajstić information content (AvgIpc) is 2.37. The summed E-state index contributed by atoms with van der Waals surface area (Å²) in [6.07, 6.45) is 3.53. The Hall–Kier alpha value is -1.36. The minimum Gasteiger partial charge on any atom is -0.481 e. The highest BCUT2D eigenvalue weighted by molar-refractivity contribution is 5.78. The number of carbonyl (C=O) groups is 2. The molecular formula is C13H22N2O3. The zero-order chi connectivity index (χ0) is 13.6. The molecule has 0 aromatic heterocycles. The normalized spacial score (nSPS) is 19.2. The molecule has 0 aromatic rings. The molecule has 1 aliphatic rings. The van der Waals surface area contributed by atoms with Gasteiger partial charge in [-0.3, -0.25) is 14.5 Å². The molecule has 5 nitrogen and oxygen atoms in total. The van der Waals surface area contributed by atoms with Gasteiger partial charge in [-0.15, -0.1) is 6.58 Å². The smallest absolute Gasteiger partial charge is 0.309 e. The Kier molecular flexibility index (Phi) is 5.34. The summed E-state index contributed by atoms with van der Waals surface area (Å²) < 4.78 is 0. The van der Waals surface area contributed by atoms with Crippen LogP contribution in [0.25, 0.3) is 0 Å². The van der Waals surface area contributed by atoms with Gasteiger partial charge in [0, 0.05) is 6.54 Å². The molecule has 1 rings (SSSR count). The molecule has 0 saturated carbocycles. The first kappa shape index (κ1) is 14.7. The second-order valence-electron chi connectivity index (χ2n) is 4.81. The molecule has 1 aliphatic heterocycles. The van der Waals surface area contributed by atoms with Gasteiger partial charge in [0.25, 0.3) is 0 Å². The minimum atomic E-state index is -0.708. The van der Waals surface area contributed by atoms with Crippen molar-refractivity contribution in [1.29, 1.82) is 0 Å². The number of rotatable bonds is 6. The van der Waals surface area contributed by atoms with Crippen molar-refractivity contribution in [2.45, 2.75) is 26.2 Å². The van der Waals surface area contributed by atoms with Gasteiger partial charge in [-0.2, -0.15) is 0 Å². The number of carboxylic acids is 1. The third kappa shape index (κ3) is 3.57. The van der Waals surface area contributed by atoms with E-state index in [1.54, 1.807) is 6.08 Å². The maximum atomic E-state index is 11.5. The predicted octanol–water partition coefficient (Wildman–Crippen LogP) is 0.865. The molecule has 1 amide bonds. The van der Waals surface area contributed by atoms with Crippen LogP contribution in [0.4, 0.5) is 0 Å². The summed E-state index contributed by atoms with van der Waals surface area (Å²) in [5.74, 6) is -0.741. The zero-order valence-electron chi connectivity index (χ0n) is 10.9. The van der Waals surface area contributed by atoms with Crippen molar-refractivity contribution in [3.63, 3.8) is 0 Å². The number of nitrogens with zero attached hydrogens (tertiary/aromatic N) is 1. The van der Waals surface area contributed by atoms with Crippen molar-refractivity contribution in [2.75, 3.05) is 26.2 Å². The Balaban J connectivity index is 2.41. The largest absolute Gasteiger partial charge is 0.481 e. The highest BCUT2D eigenvalue weighted by atomic mass is 16.4. The second kappa shape index (κ2) is 6.54. The maximum absolute atomic E-state index is 11.5. The van der Waals surface area contributed by atoms with Gasteiger partial charge >= 0.3 is 5.97 Å². The van der Waals surface area contributed by atoms with E-state index >= 15 is 0 Å². The van der Waals surface area contributed by atoms with Crippen molar-refractivity contribution < 1.29 is 14.7 Å². The van der Waals surface area contributed by atoms with Crippen LogP contribution < -0.4 is 5.32 Å². The molecular weight excluding hydrogens is 232 g/mol. The van der Waals surface area contributed by atoms with E-state index in [4.69, 9.17) is 0 Å². The number of carboxylic acid groups (broad SMARTS) is 1. The quantitative estimate of drug-likeness (QED) is 0.690. The zero-order valence-corrected chi connectivity index (χ0v) is 10.9. The first-order valence-corrected chi connectivity index (χ1v) is 6.37. The van der Waals surface area contributed by atoms with Gasteiger partial charge in [0.2, 0.25) is 5.91 Å². The fourth-order valence-corrected chi connectivity index (χ4v) is 2.30. The highest BCUT2D eigenvalue weighted by Crippen LogP contribution is 2.34. The fourth-order valence-electron chi connectivity index (χ4n) is 2.30. The fraction of sp³-hybridized carbons (Fsp3) is 0.692. The van der Waals surface area contributed by atoms with Gasteiger partial charge in [0.1, 0.15) is 0 Å². The standard InChI is InChI=1S/C13H22N2O3/c1-3-7-14-11(16)10-15-8-5-13(4-2,6-9-15)12(17)18/h3H,1,4-10H2,2H3,(H,14,16)(H,17,18). The van der Waals surface area contributed by atoms with E-state index in [0.717, 1.165) is 0 Å². The van der Waals surface area contributed by atoms with Gasteiger partial charge in [-0.1, -0.05) is 13.0 Å². The molecule has 0 spiro atoms. The van der Waals surface area contributed by atoms with Gasteiger partial charge in [0.05, 0.1) is 12.0 Å². The van der Waals surface area contributed by atoms with Crippen molar-refractivity contribution in [3.8, 4) is 0 Å². The molecule has 0 aliphatic carbocycles. The number of aliphatic carboxylic acids is 1. The Bertz CT molecular complexity index is 320. The van der Waals surface area contributed by atoms with Crippen LogP contribution >= 0.6 is 0 Å². The minimum absolute atomic E-state index is 0.0331. The van der Waals surface area contributed by atoms with Crippen LogP contribution in [0, 0.1) is 5.41 Å². The van der Waals surface area contributed by atoms with Crippen LogP contribution in [0.1, 0.15) is 26.2 Å². The molecule has 18 heavy (non-hydrogen) atoms. The van der Waals surface area contributed by atoms with Crippen LogP contribution in [-0.4, -0.2) is 48.1 Å². The Morgan fingerprint density at radius 1 is 1.44 bits per heavy atom. The number of piperidine rings is 1. The summed E-state index contributed by atoms with van der Waals surface area (Å²) in [5, 5.41) is 12.0. The van der Waals surface area contributed by atoms with Gasteiger partial charge in [0.15, 0.2) is 0 Å². The topological polar surface area (TPSA) is 69.6 Å². The van der Waals surface area contributed by atoms with Crippen molar-refractivity contribution >= 4 is 11.9 Å². The van der Waals surface area contributed by atoms with Gasteiger partial charge in [-0.25, -0.2) is 0 Å². The molecule has 102 valence electrons. The lowest BCUT2D eigenvalue weighted by molar-refractivity contribution is -0.152. The summed E-state index contributed by atoms with van der Waals surface area (Å²) in [7, 11) is 0. The summed E-state index contributed by atoms with van der Waals surface area (Å²) in [6, 6.07) is 0. The molecule has 0 atom stereocenters. The number of hydrogen-bond donors (Lipinski definition) is 2. The molecule has 0 bridgehead atoms. The first-order chi connectivity index (χ1) is 8.54.